The fourth-order valence-corrected chi connectivity index (χ4v) is 3.32. The van der Waals surface area contributed by atoms with E-state index in [4.69, 9.17) is 13.9 Å². The molecule has 0 aliphatic rings. The Kier molecular flexibility index (Phi) is 5.85. The van der Waals surface area contributed by atoms with Gasteiger partial charge < -0.3 is 13.9 Å². The number of hydrogen-bond donors (Lipinski definition) is 0. The van der Waals surface area contributed by atoms with Crippen molar-refractivity contribution in [3.8, 4) is 5.75 Å². The highest BCUT2D eigenvalue weighted by atomic mass is 16.5. The minimum atomic E-state index is -0.490. The van der Waals surface area contributed by atoms with E-state index in [1.54, 1.807) is 24.3 Å². The van der Waals surface area contributed by atoms with Gasteiger partial charge in [0, 0.05) is 17.0 Å². The van der Waals surface area contributed by atoms with Gasteiger partial charge in [0.05, 0.1) is 5.56 Å². The first-order chi connectivity index (χ1) is 15.0. The lowest BCUT2D eigenvalue weighted by molar-refractivity contribution is 0.0473. The number of fused-ring (bicyclic) bond motifs is 1. The van der Waals surface area contributed by atoms with Gasteiger partial charge in [-0.25, -0.2) is 9.59 Å². The van der Waals surface area contributed by atoms with Crippen molar-refractivity contribution in [3.05, 3.63) is 111 Å². The van der Waals surface area contributed by atoms with Crippen LogP contribution in [-0.2, 0) is 18.0 Å². The molecule has 5 heteroatoms. The van der Waals surface area contributed by atoms with Gasteiger partial charge in [0.1, 0.15) is 24.5 Å². The van der Waals surface area contributed by atoms with Crippen molar-refractivity contribution in [1.29, 1.82) is 0 Å². The van der Waals surface area contributed by atoms with E-state index in [2.05, 4.69) is 0 Å². The fraction of sp³-hybridized carbons (Fsp3) is 0.154. The third-order valence-electron chi connectivity index (χ3n) is 5.19. The molecule has 1 heterocycles. The Labute approximate surface area is 179 Å². The summed E-state index contributed by atoms with van der Waals surface area (Å²) in [6, 6.07) is 21.8. The molecule has 0 amide bonds. The van der Waals surface area contributed by atoms with Crippen molar-refractivity contribution >= 4 is 16.9 Å². The van der Waals surface area contributed by atoms with E-state index in [9.17, 15) is 9.59 Å². The maximum Gasteiger partial charge on any atom is 0.338 e. The Morgan fingerprint density at radius 1 is 0.903 bits per heavy atom. The van der Waals surface area contributed by atoms with Crippen molar-refractivity contribution in [3.63, 3.8) is 0 Å². The number of ether oxygens (including phenoxy) is 2. The van der Waals surface area contributed by atoms with Crippen LogP contribution < -0.4 is 10.4 Å². The molecule has 0 saturated carbocycles. The van der Waals surface area contributed by atoms with Crippen LogP contribution in [0.25, 0.3) is 11.0 Å². The SMILES string of the molecule is Cc1ccc2c(COC(=O)c3cccc(OCc4ccccc4)c3)cc(=O)oc2c1C. The molecule has 0 bridgehead atoms. The summed E-state index contributed by atoms with van der Waals surface area (Å²) < 4.78 is 16.6. The largest absolute Gasteiger partial charge is 0.489 e. The molecular weight excluding hydrogens is 392 g/mol. The number of esters is 1. The van der Waals surface area contributed by atoms with Crippen LogP contribution in [0.1, 0.15) is 32.6 Å². The van der Waals surface area contributed by atoms with Crippen LogP contribution in [0, 0.1) is 13.8 Å². The van der Waals surface area contributed by atoms with E-state index >= 15 is 0 Å². The fourth-order valence-electron chi connectivity index (χ4n) is 3.32. The molecule has 4 aromatic rings. The monoisotopic (exact) mass is 414 g/mol. The van der Waals surface area contributed by atoms with Gasteiger partial charge in [0.2, 0.25) is 0 Å². The Balaban J connectivity index is 1.48. The van der Waals surface area contributed by atoms with E-state index < -0.39 is 11.6 Å². The molecule has 0 spiro atoms. The minimum absolute atomic E-state index is 0.0292. The van der Waals surface area contributed by atoms with Crippen LogP contribution in [0.2, 0.25) is 0 Å². The van der Waals surface area contributed by atoms with Crippen molar-refractivity contribution in [2.45, 2.75) is 27.1 Å². The molecule has 5 nitrogen and oxygen atoms in total. The second kappa shape index (κ2) is 8.88. The number of rotatable bonds is 6. The molecule has 0 aliphatic heterocycles. The quantitative estimate of drug-likeness (QED) is 0.314. The zero-order chi connectivity index (χ0) is 21.8. The number of hydrogen-bond acceptors (Lipinski definition) is 5. The first-order valence-electron chi connectivity index (χ1n) is 9.98. The Morgan fingerprint density at radius 3 is 2.52 bits per heavy atom. The highest BCUT2D eigenvalue weighted by Gasteiger charge is 2.13. The first kappa shape index (κ1) is 20.4. The minimum Gasteiger partial charge on any atom is -0.489 e. The summed E-state index contributed by atoms with van der Waals surface area (Å²) in [5, 5.41) is 0.760. The Hall–Kier alpha value is -3.86. The summed E-state index contributed by atoms with van der Waals surface area (Å²) >= 11 is 0. The highest BCUT2D eigenvalue weighted by molar-refractivity contribution is 5.90. The molecule has 1 aromatic heterocycles. The van der Waals surface area contributed by atoms with Crippen molar-refractivity contribution in [2.75, 3.05) is 0 Å². The molecule has 0 N–H and O–H groups in total. The molecule has 0 atom stereocenters. The normalized spacial score (nSPS) is 10.8. The molecular formula is C26H22O5. The third-order valence-corrected chi connectivity index (χ3v) is 5.19. The average molecular weight is 414 g/mol. The van der Waals surface area contributed by atoms with E-state index in [1.165, 1.54) is 6.07 Å². The van der Waals surface area contributed by atoms with Crippen molar-refractivity contribution in [2.24, 2.45) is 0 Å². The average Bonchev–Trinajstić information content (AvgIpc) is 2.79. The summed E-state index contributed by atoms with van der Waals surface area (Å²) in [5.41, 5.74) is 4.00. The van der Waals surface area contributed by atoms with Gasteiger partial charge in [-0.05, 0) is 48.7 Å². The van der Waals surface area contributed by atoms with Gasteiger partial charge in [-0.3, -0.25) is 0 Å². The van der Waals surface area contributed by atoms with E-state index in [0.717, 1.165) is 22.1 Å². The van der Waals surface area contributed by atoms with E-state index in [1.807, 2.05) is 56.3 Å². The van der Waals surface area contributed by atoms with Crippen LogP contribution >= 0.6 is 0 Å². The third kappa shape index (κ3) is 4.67. The molecule has 31 heavy (non-hydrogen) atoms. The van der Waals surface area contributed by atoms with E-state index in [0.29, 0.717) is 29.1 Å². The highest BCUT2D eigenvalue weighted by Crippen LogP contribution is 2.24. The molecule has 0 unspecified atom stereocenters. The molecule has 156 valence electrons. The number of aryl methyl sites for hydroxylation is 2. The van der Waals surface area contributed by atoms with Crippen molar-refractivity contribution in [1.82, 2.24) is 0 Å². The van der Waals surface area contributed by atoms with Gasteiger partial charge in [-0.15, -0.1) is 0 Å². The van der Waals surface area contributed by atoms with Gasteiger partial charge in [0.25, 0.3) is 0 Å². The maximum absolute atomic E-state index is 12.6. The predicted molar refractivity (Wildman–Crippen MR) is 118 cm³/mol. The predicted octanol–water partition coefficient (Wildman–Crippen LogP) is 5.35. The molecule has 0 radical (unpaired) electrons. The van der Waals surface area contributed by atoms with E-state index in [-0.39, 0.29) is 6.61 Å². The van der Waals surface area contributed by atoms with Gasteiger partial charge in [0.15, 0.2) is 0 Å². The second-order valence-corrected chi connectivity index (χ2v) is 7.35. The van der Waals surface area contributed by atoms with Gasteiger partial charge in [-0.1, -0.05) is 48.5 Å². The molecule has 4 rings (SSSR count). The zero-order valence-corrected chi connectivity index (χ0v) is 17.4. The number of benzene rings is 3. The summed E-state index contributed by atoms with van der Waals surface area (Å²) in [4.78, 5) is 24.6. The summed E-state index contributed by atoms with van der Waals surface area (Å²) in [6.45, 7) is 4.23. The lowest BCUT2D eigenvalue weighted by Crippen LogP contribution is -2.08. The molecule has 3 aromatic carbocycles. The summed E-state index contributed by atoms with van der Waals surface area (Å²) in [5.74, 6) is 0.0885. The van der Waals surface area contributed by atoms with Crippen LogP contribution in [0.15, 0.2) is 82.0 Å². The molecule has 0 saturated heterocycles. The number of carbonyl (C=O) groups excluding carboxylic acids is 1. The van der Waals surface area contributed by atoms with Crippen LogP contribution in [0.5, 0.6) is 5.75 Å². The van der Waals surface area contributed by atoms with Crippen LogP contribution in [-0.4, -0.2) is 5.97 Å². The first-order valence-corrected chi connectivity index (χ1v) is 9.98. The Bertz CT molecular complexity index is 1290. The van der Waals surface area contributed by atoms with Crippen molar-refractivity contribution < 1.29 is 18.7 Å². The molecule has 0 aliphatic carbocycles. The topological polar surface area (TPSA) is 65.7 Å². The molecule has 0 fully saturated rings. The van der Waals surface area contributed by atoms with Gasteiger partial charge in [-0.2, -0.15) is 0 Å². The smallest absolute Gasteiger partial charge is 0.338 e. The second-order valence-electron chi connectivity index (χ2n) is 7.35. The Morgan fingerprint density at radius 2 is 1.71 bits per heavy atom. The maximum atomic E-state index is 12.6. The van der Waals surface area contributed by atoms with Crippen LogP contribution in [0.3, 0.4) is 0 Å². The summed E-state index contributed by atoms with van der Waals surface area (Å²) in [7, 11) is 0. The standard InChI is InChI=1S/C26H22O5/c1-17-11-12-23-21(14-24(27)31-25(23)18(17)2)16-30-26(28)20-9-6-10-22(13-20)29-15-19-7-4-3-5-8-19/h3-14H,15-16H2,1-2H3. The summed E-state index contributed by atoms with van der Waals surface area (Å²) in [6.07, 6.45) is 0. The van der Waals surface area contributed by atoms with Gasteiger partial charge >= 0.3 is 11.6 Å². The lowest BCUT2D eigenvalue weighted by atomic mass is 10.0. The number of carbonyl (C=O) groups is 1. The lowest BCUT2D eigenvalue weighted by Gasteiger charge is -2.11. The van der Waals surface area contributed by atoms with Crippen LogP contribution in [0.4, 0.5) is 0 Å². The zero-order valence-electron chi connectivity index (χ0n) is 17.4.